The van der Waals surface area contributed by atoms with Gasteiger partial charge in [0.25, 0.3) is 0 Å². The fourth-order valence-electron chi connectivity index (χ4n) is 3.33. The van der Waals surface area contributed by atoms with Gasteiger partial charge in [-0.05, 0) is 0 Å². The summed E-state index contributed by atoms with van der Waals surface area (Å²) in [6.07, 6.45) is 12.0. The summed E-state index contributed by atoms with van der Waals surface area (Å²) < 4.78 is 3.71. The number of hydrogen-bond acceptors (Lipinski definition) is 0. The van der Waals surface area contributed by atoms with E-state index in [4.69, 9.17) is 0 Å². The molecule has 0 aliphatic heterocycles. The standard InChI is InChI=1S/C11H9.C6H7.C2H6Si.2ClH.Zr/c1-2-6-10(7-3-1)11-8-4-5-9-11;1-6-4-2-3-5-6;1-3-2;;;/h1-4,6-8H,5H2;2,4H,3H2,1H3;1-2H3;2*1H;/q;;;;;+2/p-2. The van der Waals surface area contributed by atoms with E-state index in [0.29, 0.717) is 0 Å². The second-order valence-electron chi connectivity index (χ2n) is 6.01. The van der Waals surface area contributed by atoms with Gasteiger partial charge in [0.05, 0.1) is 0 Å². The molecule has 0 radical (unpaired) electrons. The fourth-order valence-corrected chi connectivity index (χ4v) is 21.5. The summed E-state index contributed by atoms with van der Waals surface area (Å²) in [5, 5.41) is 0. The molecule has 2 aliphatic rings. The molecule has 3 rings (SSSR count). The van der Waals surface area contributed by atoms with Gasteiger partial charge in [0.1, 0.15) is 0 Å². The van der Waals surface area contributed by atoms with Gasteiger partial charge in [-0.1, -0.05) is 0 Å². The molecule has 1 aromatic carbocycles. The minimum Gasteiger partial charge on any atom is -1.00 e. The van der Waals surface area contributed by atoms with Gasteiger partial charge in [-0.3, -0.25) is 0 Å². The van der Waals surface area contributed by atoms with Gasteiger partial charge in [0, 0.05) is 0 Å². The van der Waals surface area contributed by atoms with Crippen molar-refractivity contribution in [3.63, 3.8) is 0 Å². The summed E-state index contributed by atoms with van der Waals surface area (Å²) in [4.78, 5) is 0. The molecular weight excluding hydrogens is 418 g/mol. The molecule has 0 spiro atoms. The molecule has 0 heterocycles. The normalized spacial score (nSPS) is 15.2. The predicted octanol–water partition coefficient (Wildman–Crippen LogP) is -0.531. The van der Waals surface area contributed by atoms with E-state index in [1.807, 2.05) is 6.56 Å². The topological polar surface area (TPSA) is 0 Å². The Morgan fingerprint density at radius 3 is 2.04 bits per heavy atom. The molecule has 0 saturated heterocycles. The van der Waals surface area contributed by atoms with Crippen molar-refractivity contribution in [3.05, 3.63) is 72.3 Å². The van der Waals surface area contributed by atoms with Crippen molar-refractivity contribution in [1.82, 2.24) is 0 Å². The molecule has 0 unspecified atom stereocenters. The van der Waals surface area contributed by atoms with E-state index in [1.165, 1.54) is 18.4 Å². The smallest absolute Gasteiger partial charge is 1.00 e. The maximum absolute atomic E-state index is 2.55. The number of halogens is 2. The Labute approximate surface area is 160 Å². The van der Waals surface area contributed by atoms with E-state index in [9.17, 15) is 0 Å². The van der Waals surface area contributed by atoms with Crippen LogP contribution < -0.4 is 24.8 Å². The van der Waals surface area contributed by atoms with Crippen LogP contribution in [0.15, 0.2) is 66.8 Å². The zero-order chi connectivity index (χ0) is 14.8. The van der Waals surface area contributed by atoms with Crippen LogP contribution in [0.25, 0.3) is 5.57 Å². The summed E-state index contributed by atoms with van der Waals surface area (Å²) in [7, 11) is 0. The second kappa shape index (κ2) is 9.37. The molecule has 0 N–H and O–H groups in total. The quantitative estimate of drug-likeness (QED) is 0.555. The molecule has 0 atom stereocenters. The number of allylic oxidation sites excluding steroid dienone is 8. The zero-order valence-electron chi connectivity index (χ0n) is 13.9. The molecule has 2 aliphatic carbocycles. The van der Waals surface area contributed by atoms with E-state index in [2.05, 4.69) is 74.7 Å². The molecule has 0 amide bonds. The Kier molecular flexibility index (Phi) is 8.52. The Morgan fingerprint density at radius 1 is 0.870 bits per heavy atom. The van der Waals surface area contributed by atoms with Gasteiger partial charge in [0.15, 0.2) is 0 Å². The SMILES string of the molecule is CC1=[C]([Zr+2]([C]2=C(c3ccccc3)C=CC2)=[Si](C)C)CC=C1.[Cl-].[Cl-]. The van der Waals surface area contributed by atoms with E-state index >= 15 is 0 Å². The van der Waals surface area contributed by atoms with Crippen LogP contribution in [0, 0.1) is 0 Å². The van der Waals surface area contributed by atoms with Crippen LogP contribution in [0.2, 0.25) is 13.1 Å². The second-order valence-corrected chi connectivity index (χ2v) is 23.2. The van der Waals surface area contributed by atoms with Crippen molar-refractivity contribution in [3.8, 4) is 0 Å². The molecule has 4 heteroatoms. The maximum Gasteiger partial charge on any atom is -1.00 e. The molecule has 0 aromatic heterocycles. The third-order valence-electron chi connectivity index (χ3n) is 4.29. The molecule has 23 heavy (non-hydrogen) atoms. The molecule has 120 valence electrons. The van der Waals surface area contributed by atoms with Crippen LogP contribution in [-0.4, -0.2) is 5.43 Å². The summed E-state index contributed by atoms with van der Waals surface area (Å²) in [6, 6.07) is 11.0. The van der Waals surface area contributed by atoms with Crippen molar-refractivity contribution in [2.45, 2.75) is 32.9 Å². The van der Waals surface area contributed by atoms with E-state index < -0.39 is 20.4 Å². The van der Waals surface area contributed by atoms with Gasteiger partial charge >= 0.3 is 137 Å². The zero-order valence-corrected chi connectivity index (χ0v) is 18.8. The van der Waals surface area contributed by atoms with Crippen molar-refractivity contribution in [1.29, 1.82) is 0 Å². The largest absolute Gasteiger partial charge is 1.00 e. The summed E-state index contributed by atoms with van der Waals surface area (Å²) in [5.41, 5.74) is 4.36. The van der Waals surface area contributed by atoms with Gasteiger partial charge in [-0.25, -0.2) is 0 Å². The van der Waals surface area contributed by atoms with Gasteiger partial charge < -0.3 is 24.8 Å². The number of rotatable bonds is 3. The molecule has 1 aromatic rings. The minimum absolute atomic E-state index is 0. The molecule has 0 bridgehead atoms. The van der Waals surface area contributed by atoms with Crippen LogP contribution in [0.3, 0.4) is 0 Å². The van der Waals surface area contributed by atoms with Crippen LogP contribution in [0.5, 0.6) is 0 Å². The number of benzene rings is 1. The van der Waals surface area contributed by atoms with Crippen molar-refractivity contribution in [2.24, 2.45) is 0 Å². The van der Waals surface area contributed by atoms with Gasteiger partial charge in [-0.2, -0.15) is 0 Å². The van der Waals surface area contributed by atoms with Crippen LogP contribution in [-0.2, 0) is 20.4 Å². The Balaban J connectivity index is 0.00000132. The fraction of sp³-hybridized carbons (Fsp3) is 0.263. The van der Waals surface area contributed by atoms with E-state index in [-0.39, 0.29) is 30.2 Å². The Morgan fingerprint density at radius 2 is 1.48 bits per heavy atom. The van der Waals surface area contributed by atoms with Crippen LogP contribution >= 0.6 is 0 Å². The van der Waals surface area contributed by atoms with Gasteiger partial charge in [0.2, 0.25) is 0 Å². The van der Waals surface area contributed by atoms with Crippen molar-refractivity contribution in [2.75, 3.05) is 0 Å². The monoisotopic (exact) mass is 438 g/mol. The van der Waals surface area contributed by atoms with Gasteiger partial charge in [-0.15, -0.1) is 0 Å². The first-order valence-electron chi connectivity index (χ1n) is 7.68. The molecular formula is C19H22Cl2SiZr. The molecule has 0 saturated carbocycles. The average molecular weight is 441 g/mol. The minimum atomic E-state index is -1.64. The third-order valence-corrected chi connectivity index (χ3v) is 21.8. The predicted molar refractivity (Wildman–Crippen MR) is 91.1 cm³/mol. The first-order chi connectivity index (χ1) is 10.2. The summed E-state index contributed by atoms with van der Waals surface area (Å²) >= 11 is -1.64. The van der Waals surface area contributed by atoms with Crippen LogP contribution in [0.4, 0.5) is 0 Å². The van der Waals surface area contributed by atoms with Crippen molar-refractivity contribution < 1.29 is 45.2 Å². The third kappa shape index (κ3) is 4.48. The average Bonchev–Trinajstić information content (AvgIpc) is 3.10. The van der Waals surface area contributed by atoms with E-state index in [0.717, 1.165) is 0 Å². The van der Waals surface area contributed by atoms with E-state index in [1.54, 1.807) is 11.1 Å². The molecule has 0 fully saturated rings. The Hall–Kier alpha value is -0.140. The summed E-state index contributed by atoms with van der Waals surface area (Å²) in [6.45, 7) is 7.42. The number of hydrogen-bond donors (Lipinski definition) is 0. The maximum atomic E-state index is 2.55. The first kappa shape index (κ1) is 20.9. The van der Waals surface area contributed by atoms with Crippen molar-refractivity contribution >= 4 is 11.0 Å². The molecule has 0 nitrogen and oxygen atoms in total. The van der Waals surface area contributed by atoms with Crippen LogP contribution in [0.1, 0.15) is 25.3 Å². The Bertz CT molecular complexity index is 721. The summed E-state index contributed by atoms with van der Waals surface area (Å²) in [5.74, 6) is 0. The first-order valence-corrected chi connectivity index (χ1v) is 16.3.